The molecule has 1 spiro atoms. The first-order chi connectivity index (χ1) is 14.6. The zero-order valence-electron chi connectivity index (χ0n) is 16.6. The minimum atomic E-state index is -0.337. The molecule has 3 heterocycles. The number of ether oxygens (including phenoxy) is 1. The Morgan fingerprint density at radius 2 is 2.07 bits per heavy atom. The van der Waals surface area contributed by atoms with E-state index in [1.165, 1.54) is 12.1 Å². The lowest BCUT2D eigenvalue weighted by Gasteiger charge is -2.37. The Labute approximate surface area is 174 Å². The molecule has 0 saturated carbocycles. The predicted octanol–water partition coefficient (Wildman–Crippen LogP) is 2.80. The number of anilines is 1. The van der Waals surface area contributed by atoms with Crippen LogP contribution in [0.2, 0.25) is 0 Å². The van der Waals surface area contributed by atoms with Gasteiger partial charge in [0.15, 0.2) is 0 Å². The Kier molecular flexibility index (Phi) is 5.94. The Balaban J connectivity index is 1.45. The van der Waals surface area contributed by atoms with E-state index in [1.54, 1.807) is 41.6 Å². The number of benzene rings is 1. The Morgan fingerprint density at radius 3 is 2.80 bits per heavy atom. The highest BCUT2D eigenvalue weighted by atomic mass is 19.1. The quantitative estimate of drug-likeness (QED) is 0.809. The summed E-state index contributed by atoms with van der Waals surface area (Å²) >= 11 is 0. The fraction of sp³-hybridized carbons (Fsp3) is 0.409. The maximum atomic E-state index is 13.4. The van der Waals surface area contributed by atoms with Crippen LogP contribution in [0.25, 0.3) is 0 Å². The average Bonchev–Trinajstić information content (AvgIpc) is 3.12. The van der Waals surface area contributed by atoms with Gasteiger partial charge in [-0.3, -0.25) is 9.78 Å². The normalized spacial score (nSPS) is 20.2. The molecule has 0 aliphatic carbocycles. The number of urea groups is 1. The molecule has 2 fully saturated rings. The van der Waals surface area contributed by atoms with Gasteiger partial charge < -0.3 is 20.3 Å². The molecule has 0 radical (unpaired) electrons. The van der Waals surface area contributed by atoms with E-state index in [9.17, 15) is 14.0 Å². The van der Waals surface area contributed by atoms with Crippen molar-refractivity contribution in [3.8, 4) is 0 Å². The fourth-order valence-electron chi connectivity index (χ4n) is 4.37. The molecular weight excluding hydrogens is 387 g/mol. The van der Waals surface area contributed by atoms with Crippen LogP contribution in [-0.2, 0) is 16.1 Å². The van der Waals surface area contributed by atoms with Crippen LogP contribution in [0.3, 0.4) is 0 Å². The first-order valence-corrected chi connectivity index (χ1v) is 10.1. The van der Waals surface area contributed by atoms with Crippen molar-refractivity contribution in [2.24, 2.45) is 11.3 Å². The molecule has 2 aliphatic rings. The molecule has 1 aromatic heterocycles. The van der Waals surface area contributed by atoms with Gasteiger partial charge in [-0.25, -0.2) is 9.18 Å². The summed E-state index contributed by atoms with van der Waals surface area (Å²) in [7, 11) is 0. The lowest BCUT2D eigenvalue weighted by Crippen LogP contribution is -2.42. The number of nitrogens with one attached hydrogen (secondary N) is 2. The van der Waals surface area contributed by atoms with E-state index < -0.39 is 0 Å². The van der Waals surface area contributed by atoms with E-state index >= 15 is 0 Å². The molecule has 2 saturated heterocycles. The van der Waals surface area contributed by atoms with Gasteiger partial charge in [-0.05, 0) is 42.7 Å². The van der Waals surface area contributed by atoms with Gasteiger partial charge in [-0.1, -0.05) is 12.1 Å². The van der Waals surface area contributed by atoms with Crippen LogP contribution < -0.4 is 10.6 Å². The molecule has 0 bridgehead atoms. The van der Waals surface area contributed by atoms with Crippen LogP contribution >= 0.6 is 0 Å². The van der Waals surface area contributed by atoms with E-state index in [2.05, 4.69) is 15.6 Å². The van der Waals surface area contributed by atoms with Crippen molar-refractivity contribution < 1.29 is 18.7 Å². The highest BCUT2D eigenvalue weighted by Crippen LogP contribution is 2.44. The molecule has 3 amide bonds. The standard InChI is InChI=1S/C22H25FN4O3/c23-17-4-1-3-16(11-17)12-25-21(29)27-14-19(22(15-27)6-9-30-10-7-22)20(28)26-18-5-2-8-24-13-18/h1-5,8,11,13,19H,6-7,9-10,12,14-15H2,(H,25,29)(H,26,28)/t19-/m1/s1. The number of carbonyl (C=O) groups is 2. The van der Waals surface area contributed by atoms with Gasteiger partial charge in [0, 0.05) is 44.5 Å². The number of halogens is 1. The molecule has 8 heteroatoms. The van der Waals surface area contributed by atoms with Crippen LogP contribution in [0.1, 0.15) is 18.4 Å². The van der Waals surface area contributed by atoms with Crippen molar-refractivity contribution in [2.75, 3.05) is 31.6 Å². The average molecular weight is 412 g/mol. The van der Waals surface area contributed by atoms with Gasteiger partial charge in [0.25, 0.3) is 0 Å². The van der Waals surface area contributed by atoms with E-state index in [-0.39, 0.29) is 35.6 Å². The summed E-state index contributed by atoms with van der Waals surface area (Å²) in [6.07, 6.45) is 4.71. The lowest BCUT2D eigenvalue weighted by molar-refractivity contribution is -0.124. The van der Waals surface area contributed by atoms with E-state index in [0.717, 1.165) is 12.8 Å². The number of nitrogens with zero attached hydrogens (tertiary/aromatic N) is 2. The van der Waals surface area contributed by atoms with Crippen LogP contribution in [0.5, 0.6) is 0 Å². The number of hydrogen-bond acceptors (Lipinski definition) is 4. The SMILES string of the molecule is O=C(Nc1cccnc1)[C@H]1CN(C(=O)NCc2cccc(F)c2)CC12CCOCC2. The first kappa shape index (κ1) is 20.3. The van der Waals surface area contributed by atoms with Crippen LogP contribution in [-0.4, -0.2) is 48.1 Å². The summed E-state index contributed by atoms with van der Waals surface area (Å²) in [6.45, 7) is 2.22. The second-order valence-corrected chi connectivity index (χ2v) is 7.93. The van der Waals surface area contributed by atoms with Crippen molar-refractivity contribution >= 4 is 17.6 Å². The molecule has 158 valence electrons. The van der Waals surface area contributed by atoms with Gasteiger partial charge in [0.1, 0.15) is 5.82 Å². The summed E-state index contributed by atoms with van der Waals surface area (Å²) in [5.74, 6) is -0.775. The molecule has 0 unspecified atom stereocenters. The summed E-state index contributed by atoms with van der Waals surface area (Å²) in [4.78, 5) is 31.6. The van der Waals surface area contributed by atoms with Crippen LogP contribution in [0.15, 0.2) is 48.8 Å². The third kappa shape index (κ3) is 4.43. The number of pyridine rings is 1. The van der Waals surface area contributed by atoms with Crippen LogP contribution in [0.4, 0.5) is 14.9 Å². The maximum Gasteiger partial charge on any atom is 0.317 e. The topological polar surface area (TPSA) is 83.6 Å². The van der Waals surface area contributed by atoms with Crippen LogP contribution in [0, 0.1) is 17.2 Å². The van der Waals surface area contributed by atoms with Gasteiger partial charge in [0.2, 0.25) is 5.91 Å². The molecule has 4 rings (SSSR count). The first-order valence-electron chi connectivity index (χ1n) is 10.1. The highest BCUT2D eigenvalue weighted by Gasteiger charge is 2.51. The molecule has 30 heavy (non-hydrogen) atoms. The fourth-order valence-corrected chi connectivity index (χ4v) is 4.37. The van der Waals surface area contributed by atoms with Gasteiger partial charge in [-0.15, -0.1) is 0 Å². The third-order valence-electron chi connectivity index (χ3n) is 6.00. The Morgan fingerprint density at radius 1 is 1.23 bits per heavy atom. The zero-order chi connectivity index (χ0) is 21.0. The second-order valence-electron chi connectivity index (χ2n) is 7.93. The minimum Gasteiger partial charge on any atom is -0.381 e. The minimum absolute atomic E-state index is 0.106. The summed E-state index contributed by atoms with van der Waals surface area (Å²) in [5, 5.41) is 5.78. The van der Waals surface area contributed by atoms with Gasteiger partial charge in [-0.2, -0.15) is 0 Å². The number of aromatic nitrogens is 1. The molecular formula is C22H25FN4O3. The van der Waals surface area contributed by atoms with Crippen molar-refractivity contribution in [1.82, 2.24) is 15.2 Å². The largest absolute Gasteiger partial charge is 0.381 e. The van der Waals surface area contributed by atoms with Gasteiger partial charge >= 0.3 is 6.03 Å². The lowest BCUT2D eigenvalue weighted by atomic mass is 9.71. The number of hydrogen-bond donors (Lipinski definition) is 2. The molecule has 7 nitrogen and oxygen atoms in total. The summed E-state index contributed by atoms with van der Waals surface area (Å²) in [6, 6.07) is 9.45. The monoisotopic (exact) mass is 412 g/mol. The second kappa shape index (κ2) is 8.79. The number of rotatable bonds is 4. The smallest absolute Gasteiger partial charge is 0.317 e. The molecule has 1 aromatic carbocycles. The zero-order valence-corrected chi connectivity index (χ0v) is 16.6. The van der Waals surface area contributed by atoms with E-state index in [1.807, 2.05) is 0 Å². The van der Waals surface area contributed by atoms with Crippen molar-refractivity contribution in [3.63, 3.8) is 0 Å². The number of carbonyl (C=O) groups excluding carboxylic acids is 2. The molecule has 2 aromatic rings. The molecule has 2 aliphatic heterocycles. The van der Waals surface area contributed by atoms with Gasteiger partial charge in [0.05, 0.1) is 17.8 Å². The number of likely N-dealkylation sites (tertiary alicyclic amines) is 1. The van der Waals surface area contributed by atoms with E-state index in [4.69, 9.17) is 4.74 Å². The summed E-state index contributed by atoms with van der Waals surface area (Å²) in [5.41, 5.74) is 1.02. The molecule has 1 atom stereocenters. The Hall–Kier alpha value is -3.00. The van der Waals surface area contributed by atoms with E-state index in [0.29, 0.717) is 37.6 Å². The predicted molar refractivity (Wildman–Crippen MR) is 109 cm³/mol. The summed E-state index contributed by atoms with van der Waals surface area (Å²) < 4.78 is 18.9. The van der Waals surface area contributed by atoms with Crippen molar-refractivity contribution in [2.45, 2.75) is 19.4 Å². The highest BCUT2D eigenvalue weighted by molar-refractivity contribution is 5.94. The third-order valence-corrected chi connectivity index (χ3v) is 6.00. The van der Waals surface area contributed by atoms with Crippen molar-refractivity contribution in [1.29, 1.82) is 0 Å². The Bertz CT molecular complexity index is 902. The molecule has 2 N–H and O–H groups in total. The number of amides is 3. The maximum absolute atomic E-state index is 13.4. The van der Waals surface area contributed by atoms with Crippen molar-refractivity contribution in [3.05, 3.63) is 60.2 Å².